The Labute approximate surface area is 203 Å². The Hall–Kier alpha value is -4.24. The lowest BCUT2D eigenvalue weighted by Gasteiger charge is -2.38. The molecule has 9 rings (SSSR count). The minimum atomic E-state index is 0.915. The van der Waals surface area contributed by atoms with Gasteiger partial charge in [-0.1, -0.05) is 48.5 Å². The smallest absolute Gasteiger partial charge is 0.142 e. The summed E-state index contributed by atoms with van der Waals surface area (Å²) in [6.07, 6.45) is 7.70. The Bertz CT molecular complexity index is 1750. The van der Waals surface area contributed by atoms with Crippen molar-refractivity contribution in [3.63, 3.8) is 0 Å². The normalized spacial score (nSPS) is 14.9. The van der Waals surface area contributed by atoms with Crippen molar-refractivity contribution in [2.45, 2.75) is 25.7 Å². The molecule has 3 aromatic carbocycles. The molecular formula is C32H21N3. The molecule has 0 atom stereocenters. The number of aromatic nitrogens is 2. The highest BCUT2D eigenvalue weighted by Gasteiger charge is 2.38. The second-order valence-corrected chi connectivity index (χ2v) is 10.2. The van der Waals surface area contributed by atoms with Gasteiger partial charge in [-0.2, -0.15) is 0 Å². The van der Waals surface area contributed by atoms with E-state index >= 15 is 0 Å². The van der Waals surface area contributed by atoms with Gasteiger partial charge >= 0.3 is 0 Å². The van der Waals surface area contributed by atoms with Crippen LogP contribution in [0.1, 0.15) is 44.5 Å². The van der Waals surface area contributed by atoms with E-state index in [0.717, 1.165) is 37.3 Å². The van der Waals surface area contributed by atoms with Gasteiger partial charge in [0.15, 0.2) is 0 Å². The monoisotopic (exact) mass is 447 g/mol. The highest BCUT2D eigenvalue weighted by atomic mass is 15.3. The zero-order valence-electron chi connectivity index (χ0n) is 19.2. The van der Waals surface area contributed by atoms with Crippen molar-refractivity contribution in [3.05, 3.63) is 124 Å². The number of rotatable bonds is 0. The summed E-state index contributed by atoms with van der Waals surface area (Å²) in [6.45, 7) is 0. The van der Waals surface area contributed by atoms with Crippen LogP contribution in [-0.2, 0) is 25.7 Å². The molecule has 0 spiro atoms. The van der Waals surface area contributed by atoms with Crippen LogP contribution in [0.25, 0.3) is 22.3 Å². The first-order chi connectivity index (χ1) is 17.3. The third-order valence-corrected chi connectivity index (χ3v) is 8.41. The Morgan fingerprint density at radius 3 is 1.97 bits per heavy atom. The van der Waals surface area contributed by atoms with Crippen LogP contribution in [0.2, 0.25) is 0 Å². The van der Waals surface area contributed by atoms with E-state index in [1.165, 1.54) is 72.4 Å². The number of hydrogen-bond donors (Lipinski definition) is 0. The first-order valence-electron chi connectivity index (χ1n) is 12.4. The zero-order valence-corrected chi connectivity index (χ0v) is 19.2. The summed E-state index contributed by atoms with van der Waals surface area (Å²) in [5, 5.41) is 0. The van der Waals surface area contributed by atoms with E-state index in [-0.39, 0.29) is 0 Å². The lowest BCUT2D eigenvalue weighted by molar-refractivity contribution is 0.945. The molecule has 0 amide bonds. The molecule has 3 heteroatoms. The first-order valence-corrected chi connectivity index (χ1v) is 12.4. The molecule has 0 bridgehead atoms. The Balaban J connectivity index is 1.35. The van der Waals surface area contributed by atoms with Crippen molar-refractivity contribution in [1.29, 1.82) is 0 Å². The van der Waals surface area contributed by atoms with Gasteiger partial charge in [-0.15, -0.1) is 0 Å². The van der Waals surface area contributed by atoms with Gasteiger partial charge in [0.1, 0.15) is 11.6 Å². The van der Waals surface area contributed by atoms with Crippen LogP contribution >= 0.6 is 0 Å². The van der Waals surface area contributed by atoms with Crippen LogP contribution in [-0.4, -0.2) is 9.97 Å². The Morgan fingerprint density at radius 1 is 0.514 bits per heavy atom. The van der Waals surface area contributed by atoms with Crippen molar-refractivity contribution in [2.75, 3.05) is 4.90 Å². The maximum Gasteiger partial charge on any atom is 0.142 e. The summed E-state index contributed by atoms with van der Waals surface area (Å²) in [6, 6.07) is 24.8. The molecule has 164 valence electrons. The van der Waals surface area contributed by atoms with Crippen LogP contribution in [0.4, 0.5) is 17.3 Å². The lowest BCUT2D eigenvalue weighted by Crippen LogP contribution is -2.27. The summed E-state index contributed by atoms with van der Waals surface area (Å²) >= 11 is 0. The van der Waals surface area contributed by atoms with Crippen molar-refractivity contribution in [3.8, 4) is 22.3 Å². The molecule has 2 aliphatic heterocycles. The van der Waals surface area contributed by atoms with Crippen molar-refractivity contribution >= 4 is 17.3 Å². The third-order valence-electron chi connectivity index (χ3n) is 8.41. The molecule has 5 aromatic rings. The topological polar surface area (TPSA) is 29.0 Å². The minimum absolute atomic E-state index is 0.915. The van der Waals surface area contributed by atoms with Crippen LogP contribution in [0, 0.1) is 0 Å². The third kappa shape index (κ3) is 2.21. The van der Waals surface area contributed by atoms with Gasteiger partial charge in [0, 0.05) is 25.2 Å². The van der Waals surface area contributed by atoms with E-state index in [9.17, 15) is 0 Å². The van der Waals surface area contributed by atoms with E-state index in [4.69, 9.17) is 9.97 Å². The fraction of sp³-hybridized carbons (Fsp3) is 0.125. The summed E-state index contributed by atoms with van der Waals surface area (Å²) < 4.78 is 0. The van der Waals surface area contributed by atoms with Crippen molar-refractivity contribution < 1.29 is 0 Å². The number of anilines is 3. The quantitative estimate of drug-likeness (QED) is 0.253. The zero-order chi connectivity index (χ0) is 22.7. The SMILES string of the molecule is c1ccc2c(c1)Cc1ccc3c(c1-2)-c1cc2c4c(c1C3)Cc1cccnc1N4c1ncccc1C2. The fourth-order valence-corrected chi connectivity index (χ4v) is 7.02. The first kappa shape index (κ1) is 18.1. The average molecular weight is 448 g/mol. The highest BCUT2D eigenvalue weighted by Crippen LogP contribution is 2.56. The molecule has 0 fully saturated rings. The van der Waals surface area contributed by atoms with Crippen LogP contribution in [0.15, 0.2) is 79.1 Å². The molecule has 3 nitrogen and oxygen atoms in total. The molecule has 2 aliphatic carbocycles. The van der Waals surface area contributed by atoms with Gasteiger partial charge in [-0.25, -0.2) is 9.97 Å². The van der Waals surface area contributed by atoms with Crippen LogP contribution in [0.3, 0.4) is 0 Å². The molecular weight excluding hydrogens is 426 g/mol. The number of pyridine rings is 2. The summed E-state index contributed by atoms with van der Waals surface area (Å²) in [5.41, 5.74) is 18.4. The molecule has 0 saturated carbocycles. The Morgan fingerprint density at radius 2 is 1.14 bits per heavy atom. The van der Waals surface area contributed by atoms with Crippen LogP contribution in [0.5, 0.6) is 0 Å². The van der Waals surface area contributed by atoms with Gasteiger partial charge < -0.3 is 0 Å². The molecule has 0 saturated heterocycles. The standard InChI is InChI=1S/C32H21N3/c1-2-8-24-18(5-1)13-19-9-10-20-15-25-26(29(20)28(19)24)17-23-14-21-6-3-11-33-31(21)35-30(23)27(25)16-22-7-4-12-34-32(22)35/h1-12,17H,13-16H2. The second-order valence-electron chi connectivity index (χ2n) is 10.2. The molecule has 2 aromatic heterocycles. The van der Waals surface area contributed by atoms with E-state index in [2.05, 4.69) is 71.6 Å². The maximum atomic E-state index is 4.84. The summed E-state index contributed by atoms with van der Waals surface area (Å²) in [7, 11) is 0. The van der Waals surface area contributed by atoms with E-state index in [1.807, 2.05) is 12.4 Å². The Kier molecular flexibility index (Phi) is 3.24. The number of benzene rings is 3. The number of nitrogens with zero attached hydrogens (tertiary/aromatic N) is 3. The fourth-order valence-electron chi connectivity index (χ4n) is 7.02. The van der Waals surface area contributed by atoms with Crippen molar-refractivity contribution in [2.24, 2.45) is 0 Å². The summed E-state index contributed by atoms with van der Waals surface area (Å²) in [4.78, 5) is 12.0. The average Bonchev–Trinajstić information content (AvgIpc) is 3.46. The molecule has 0 radical (unpaired) electrons. The van der Waals surface area contributed by atoms with E-state index < -0.39 is 0 Å². The van der Waals surface area contributed by atoms with Gasteiger partial charge in [0.05, 0.1) is 5.69 Å². The number of hydrogen-bond acceptors (Lipinski definition) is 3. The van der Waals surface area contributed by atoms with Gasteiger partial charge in [-0.05, 0) is 97.8 Å². The van der Waals surface area contributed by atoms with Crippen molar-refractivity contribution in [1.82, 2.24) is 9.97 Å². The van der Waals surface area contributed by atoms with Gasteiger partial charge in [-0.3, -0.25) is 4.90 Å². The molecule has 4 aliphatic rings. The van der Waals surface area contributed by atoms with Crippen LogP contribution < -0.4 is 4.90 Å². The largest absolute Gasteiger partial charge is 0.278 e. The van der Waals surface area contributed by atoms with E-state index in [1.54, 1.807) is 0 Å². The predicted octanol–water partition coefficient (Wildman–Crippen LogP) is 6.90. The molecule has 0 unspecified atom stereocenters. The van der Waals surface area contributed by atoms with Gasteiger partial charge in [0.2, 0.25) is 0 Å². The predicted molar refractivity (Wildman–Crippen MR) is 139 cm³/mol. The lowest BCUT2D eigenvalue weighted by atomic mass is 9.83. The molecule has 4 heterocycles. The van der Waals surface area contributed by atoms with Gasteiger partial charge in [0.25, 0.3) is 0 Å². The van der Waals surface area contributed by atoms with E-state index in [0.29, 0.717) is 0 Å². The highest BCUT2D eigenvalue weighted by molar-refractivity contribution is 5.98. The summed E-state index contributed by atoms with van der Waals surface area (Å²) in [5.74, 6) is 2.07. The number of fused-ring (bicyclic) bond motifs is 12. The molecule has 35 heavy (non-hydrogen) atoms. The molecule has 0 N–H and O–H groups in total. The minimum Gasteiger partial charge on any atom is -0.278 e. The maximum absolute atomic E-state index is 4.84. The second kappa shape index (κ2) is 6.25.